The van der Waals surface area contributed by atoms with E-state index in [0.29, 0.717) is 6.04 Å². The van der Waals surface area contributed by atoms with Crippen molar-refractivity contribution in [3.63, 3.8) is 0 Å². The first-order valence-electron chi connectivity index (χ1n) is 6.03. The Labute approximate surface area is 89.4 Å². The number of hydrogen-bond acceptors (Lipinski definition) is 2. The minimum Gasteiger partial charge on any atom is -0.381 e. The Morgan fingerprint density at radius 2 is 1.86 bits per heavy atom. The predicted octanol–water partition coefficient (Wildman–Crippen LogP) is 2.83. The van der Waals surface area contributed by atoms with Crippen LogP contribution in [0.5, 0.6) is 0 Å². The quantitative estimate of drug-likeness (QED) is 0.579. The maximum Gasteiger partial charge on any atom is 0.0478 e. The van der Waals surface area contributed by atoms with Crippen molar-refractivity contribution >= 4 is 0 Å². The molecule has 0 saturated carbocycles. The van der Waals surface area contributed by atoms with Gasteiger partial charge in [-0.25, -0.2) is 0 Å². The van der Waals surface area contributed by atoms with Gasteiger partial charge in [0.15, 0.2) is 0 Å². The molecular formula is C12H27NO. The molecule has 1 N–H and O–H groups in total. The first kappa shape index (κ1) is 13.9. The molecule has 14 heavy (non-hydrogen) atoms. The van der Waals surface area contributed by atoms with E-state index in [1.165, 1.54) is 6.42 Å². The van der Waals surface area contributed by atoms with Gasteiger partial charge in [0.05, 0.1) is 0 Å². The molecule has 0 spiro atoms. The molecule has 2 unspecified atom stereocenters. The van der Waals surface area contributed by atoms with E-state index in [1.807, 2.05) is 0 Å². The Hall–Kier alpha value is -0.0800. The molecular weight excluding hydrogens is 174 g/mol. The Bertz CT molecular complexity index is 117. The summed E-state index contributed by atoms with van der Waals surface area (Å²) in [6.45, 7) is 11.8. The molecule has 0 aliphatic rings. The van der Waals surface area contributed by atoms with Gasteiger partial charge in [0.1, 0.15) is 0 Å². The highest BCUT2D eigenvalue weighted by molar-refractivity contribution is 4.66. The van der Waals surface area contributed by atoms with Gasteiger partial charge < -0.3 is 10.1 Å². The molecule has 0 aromatic carbocycles. The highest BCUT2D eigenvalue weighted by Gasteiger charge is 2.07. The molecule has 86 valence electrons. The lowest BCUT2D eigenvalue weighted by molar-refractivity contribution is 0.131. The molecule has 0 rings (SSSR count). The number of rotatable bonds is 9. The van der Waals surface area contributed by atoms with Gasteiger partial charge in [-0.15, -0.1) is 0 Å². The first-order valence-corrected chi connectivity index (χ1v) is 6.03. The average molecular weight is 201 g/mol. The van der Waals surface area contributed by atoms with Crippen LogP contribution in [0.3, 0.4) is 0 Å². The Balaban J connectivity index is 3.18. The lowest BCUT2D eigenvalue weighted by atomic mass is 10.0. The Morgan fingerprint density at radius 3 is 2.43 bits per heavy atom. The molecule has 0 saturated heterocycles. The minimum atomic E-state index is 0.631. The lowest BCUT2D eigenvalue weighted by Gasteiger charge is -2.19. The third-order valence-electron chi connectivity index (χ3n) is 2.78. The van der Waals surface area contributed by atoms with Crippen LogP contribution >= 0.6 is 0 Å². The summed E-state index contributed by atoms with van der Waals surface area (Å²) in [6, 6.07) is 0.631. The van der Waals surface area contributed by atoms with Crippen LogP contribution in [0, 0.1) is 5.92 Å². The third kappa shape index (κ3) is 7.34. The van der Waals surface area contributed by atoms with Crippen molar-refractivity contribution in [2.75, 3.05) is 19.8 Å². The third-order valence-corrected chi connectivity index (χ3v) is 2.78. The molecule has 2 nitrogen and oxygen atoms in total. The van der Waals surface area contributed by atoms with E-state index in [-0.39, 0.29) is 0 Å². The predicted molar refractivity (Wildman–Crippen MR) is 62.6 cm³/mol. The molecule has 0 aliphatic heterocycles. The number of hydrogen-bond donors (Lipinski definition) is 1. The molecule has 0 bridgehead atoms. The molecule has 2 atom stereocenters. The van der Waals surface area contributed by atoms with Crippen molar-refractivity contribution < 1.29 is 4.74 Å². The smallest absolute Gasteiger partial charge is 0.0478 e. The molecule has 0 aromatic rings. The van der Waals surface area contributed by atoms with Gasteiger partial charge in [-0.3, -0.25) is 0 Å². The second kappa shape index (κ2) is 9.47. The van der Waals surface area contributed by atoms with Crippen LogP contribution in [0.2, 0.25) is 0 Å². The second-order valence-corrected chi connectivity index (χ2v) is 4.09. The number of nitrogens with one attached hydrogen (secondary N) is 1. The fraction of sp³-hybridized carbons (Fsp3) is 1.00. The van der Waals surface area contributed by atoms with Crippen LogP contribution in [-0.4, -0.2) is 25.8 Å². The van der Waals surface area contributed by atoms with Crippen LogP contribution in [0.1, 0.15) is 47.0 Å². The highest BCUT2D eigenvalue weighted by Crippen LogP contribution is 2.06. The zero-order chi connectivity index (χ0) is 10.8. The standard InChI is InChI=1S/C12H27NO/c1-5-9-14-10-7-8-13-12(4)11(3)6-2/h11-13H,5-10H2,1-4H3. The van der Waals surface area contributed by atoms with Crippen LogP contribution in [0.15, 0.2) is 0 Å². The Kier molecular flexibility index (Phi) is 9.42. The molecule has 0 amide bonds. The largest absolute Gasteiger partial charge is 0.381 e. The van der Waals surface area contributed by atoms with E-state index in [1.54, 1.807) is 0 Å². The van der Waals surface area contributed by atoms with Crippen LogP contribution < -0.4 is 5.32 Å². The van der Waals surface area contributed by atoms with Gasteiger partial charge in [0.2, 0.25) is 0 Å². The van der Waals surface area contributed by atoms with Crippen LogP contribution in [0.4, 0.5) is 0 Å². The van der Waals surface area contributed by atoms with Crippen molar-refractivity contribution in [1.82, 2.24) is 5.32 Å². The normalized spacial score (nSPS) is 15.4. The fourth-order valence-corrected chi connectivity index (χ4v) is 1.31. The van der Waals surface area contributed by atoms with E-state index in [2.05, 4.69) is 33.0 Å². The van der Waals surface area contributed by atoms with Crippen molar-refractivity contribution in [2.24, 2.45) is 5.92 Å². The SMILES string of the molecule is CCCOCCCNC(C)C(C)CC. The zero-order valence-corrected chi connectivity index (χ0v) is 10.3. The minimum absolute atomic E-state index is 0.631. The second-order valence-electron chi connectivity index (χ2n) is 4.09. The van der Waals surface area contributed by atoms with E-state index >= 15 is 0 Å². The maximum absolute atomic E-state index is 5.41. The topological polar surface area (TPSA) is 21.3 Å². The van der Waals surface area contributed by atoms with E-state index < -0.39 is 0 Å². The summed E-state index contributed by atoms with van der Waals surface area (Å²) in [6.07, 6.45) is 3.50. The van der Waals surface area contributed by atoms with Gasteiger partial charge in [-0.2, -0.15) is 0 Å². The van der Waals surface area contributed by atoms with Gasteiger partial charge in [-0.05, 0) is 32.2 Å². The van der Waals surface area contributed by atoms with Crippen molar-refractivity contribution in [3.8, 4) is 0 Å². The van der Waals surface area contributed by atoms with Crippen LogP contribution in [0.25, 0.3) is 0 Å². The maximum atomic E-state index is 5.41. The monoisotopic (exact) mass is 201 g/mol. The van der Waals surface area contributed by atoms with E-state index in [4.69, 9.17) is 4.74 Å². The van der Waals surface area contributed by atoms with Crippen LogP contribution in [-0.2, 0) is 4.74 Å². The van der Waals surface area contributed by atoms with E-state index in [0.717, 1.165) is 38.5 Å². The lowest BCUT2D eigenvalue weighted by Crippen LogP contribution is -2.33. The summed E-state index contributed by atoms with van der Waals surface area (Å²) in [5.74, 6) is 0.770. The molecule has 0 aliphatic carbocycles. The molecule has 0 aromatic heterocycles. The molecule has 0 fully saturated rings. The fourth-order valence-electron chi connectivity index (χ4n) is 1.31. The average Bonchev–Trinajstić information content (AvgIpc) is 2.21. The van der Waals surface area contributed by atoms with Gasteiger partial charge in [0.25, 0.3) is 0 Å². The van der Waals surface area contributed by atoms with Crippen molar-refractivity contribution in [2.45, 2.75) is 53.0 Å². The van der Waals surface area contributed by atoms with Crippen molar-refractivity contribution in [1.29, 1.82) is 0 Å². The summed E-state index contributed by atoms with van der Waals surface area (Å²) in [7, 11) is 0. The van der Waals surface area contributed by atoms with Gasteiger partial charge >= 0.3 is 0 Å². The number of ether oxygens (including phenoxy) is 1. The summed E-state index contributed by atoms with van der Waals surface area (Å²) in [5, 5.41) is 3.53. The highest BCUT2D eigenvalue weighted by atomic mass is 16.5. The first-order chi connectivity index (χ1) is 6.72. The summed E-state index contributed by atoms with van der Waals surface area (Å²) >= 11 is 0. The molecule has 0 heterocycles. The molecule has 0 radical (unpaired) electrons. The van der Waals surface area contributed by atoms with Gasteiger partial charge in [0, 0.05) is 19.3 Å². The van der Waals surface area contributed by atoms with Crippen molar-refractivity contribution in [3.05, 3.63) is 0 Å². The zero-order valence-electron chi connectivity index (χ0n) is 10.3. The van der Waals surface area contributed by atoms with Gasteiger partial charge in [-0.1, -0.05) is 27.2 Å². The summed E-state index contributed by atoms with van der Waals surface area (Å²) in [5.41, 5.74) is 0. The summed E-state index contributed by atoms with van der Waals surface area (Å²) < 4.78 is 5.41. The molecule has 2 heteroatoms. The Morgan fingerprint density at radius 1 is 1.14 bits per heavy atom. The van der Waals surface area contributed by atoms with E-state index in [9.17, 15) is 0 Å². The summed E-state index contributed by atoms with van der Waals surface area (Å²) in [4.78, 5) is 0.